The van der Waals surface area contributed by atoms with E-state index in [9.17, 15) is 10.1 Å². The number of anilines is 1. The molecule has 19 heavy (non-hydrogen) atoms. The van der Waals surface area contributed by atoms with Gasteiger partial charge in [-0.05, 0) is 18.6 Å². The Bertz CT molecular complexity index is 493. The maximum absolute atomic E-state index is 11.1. The van der Waals surface area contributed by atoms with Crippen LogP contribution in [0.4, 0.5) is 11.4 Å². The summed E-state index contributed by atoms with van der Waals surface area (Å²) in [5, 5.41) is 11.4. The summed E-state index contributed by atoms with van der Waals surface area (Å²) in [4.78, 5) is 12.6. The third kappa shape index (κ3) is 3.24. The first-order chi connectivity index (χ1) is 9.11. The van der Waals surface area contributed by atoms with Crippen molar-refractivity contribution in [1.29, 1.82) is 0 Å². The van der Waals surface area contributed by atoms with Gasteiger partial charge in [0.25, 0.3) is 5.69 Å². The van der Waals surface area contributed by atoms with Gasteiger partial charge in [-0.2, -0.15) is 0 Å². The molecular weight excluding hydrogens is 268 g/mol. The molecule has 1 heterocycles. The molecule has 6 heteroatoms. The third-order valence-electron chi connectivity index (χ3n) is 3.07. The molecule has 1 fully saturated rings. The minimum absolute atomic E-state index is 0.0388. The van der Waals surface area contributed by atoms with Gasteiger partial charge < -0.3 is 9.64 Å². The van der Waals surface area contributed by atoms with Gasteiger partial charge in [0, 0.05) is 24.2 Å². The molecule has 1 aliphatic heterocycles. The highest BCUT2D eigenvalue weighted by Gasteiger charge is 2.27. The van der Waals surface area contributed by atoms with Crippen LogP contribution < -0.4 is 4.90 Å². The van der Waals surface area contributed by atoms with E-state index in [4.69, 9.17) is 16.3 Å². The van der Waals surface area contributed by atoms with Gasteiger partial charge in [-0.25, -0.2) is 0 Å². The van der Waals surface area contributed by atoms with Crippen molar-refractivity contribution < 1.29 is 9.66 Å². The molecule has 5 nitrogen and oxygen atoms in total. The maximum Gasteiger partial charge on any atom is 0.294 e. The summed E-state index contributed by atoms with van der Waals surface area (Å²) in [6, 6.07) is 4.74. The number of hydrogen-bond donors (Lipinski definition) is 0. The van der Waals surface area contributed by atoms with Gasteiger partial charge in [0.2, 0.25) is 0 Å². The molecule has 0 bridgehead atoms. The van der Waals surface area contributed by atoms with Crippen LogP contribution in [0, 0.1) is 10.1 Å². The van der Waals surface area contributed by atoms with Crippen molar-refractivity contribution in [2.45, 2.75) is 12.5 Å². The summed E-state index contributed by atoms with van der Waals surface area (Å²) in [5.41, 5.74) is 0.635. The van der Waals surface area contributed by atoms with Crippen LogP contribution in [0.5, 0.6) is 0 Å². The summed E-state index contributed by atoms with van der Waals surface area (Å²) < 4.78 is 5.57. The van der Waals surface area contributed by atoms with Crippen LogP contribution in [-0.2, 0) is 4.74 Å². The Balaban J connectivity index is 2.15. The molecule has 0 aliphatic carbocycles. The Labute approximate surface area is 116 Å². The van der Waals surface area contributed by atoms with E-state index < -0.39 is 4.92 Å². The van der Waals surface area contributed by atoms with Crippen LogP contribution in [-0.4, -0.2) is 30.7 Å². The lowest BCUT2D eigenvalue weighted by Gasteiger charge is -2.18. The van der Waals surface area contributed by atoms with Gasteiger partial charge in [0.15, 0.2) is 0 Å². The van der Waals surface area contributed by atoms with E-state index >= 15 is 0 Å². The van der Waals surface area contributed by atoms with Crippen molar-refractivity contribution >= 4 is 23.0 Å². The van der Waals surface area contributed by atoms with Gasteiger partial charge in [-0.15, -0.1) is 6.58 Å². The molecule has 0 aromatic heterocycles. The minimum atomic E-state index is -0.404. The summed E-state index contributed by atoms with van der Waals surface area (Å²) in [6.07, 6.45) is 2.65. The Morgan fingerprint density at radius 1 is 1.63 bits per heavy atom. The number of halogens is 1. The fourth-order valence-corrected chi connectivity index (χ4v) is 2.36. The van der Waals surface area contributed by atoms with E-state index in [0.29, 0.717) is 23.9 Å². The second kappa shape index (κ2) is 6.04. The molecule has 1 saturated heterocycles. The molecule has 0 spiro atoms. The summed E-state index contributed by atoms with van der Waals surface area (Å²) in [6.45, 7) is 5.49. The zero-order valence-electron chi connectivity index (χ0n) is 10.4. The van der Waals surface area contributed by atoms with Gasteiger partial charge >= 0.3 is 0 Å². The van der Waals surface area contributed by atoms with E-state index in [0.717, 1.165) is 13.0 Å². The number of ether oxygens (including phenoxy) is 1. The molecular formula is C13H15ClN2O3. The van der Waals surface area contributed by atoms with E-state index in [1.165, 1.54) is 6.07 Å². The highest BCUT2D eigenvalue weighted by atomic mass is 35.5. The van der Waals surface area contributed by atoms with Crippen LogP contribution in [0.1, 0.15) is 6.42 Å². The number of nitro groups is 1. The van der Waals surface area contributed by atoms with Crippen LogP contribution in [0.15, 0.2) is 30.9 Å². The monoisotopic (exact) mass is 282 g/mol. The minimum Gasteiger partial charge on any atom is -0.372 e. The summed E-state index contributed by atoms with van der Waals surface area (Å²) >= 11 is 5.81. The highest BCUT2D eigenvalue weighted by molar-refractivity contribution is 6.30. The van der Waals surface area contributed by atoms with Crippen LogP contribution in [0.25, 0.3) is 0 Å². The topological polar surface area (TPSA) is 55.6 Å². The maximum atomic E-state index is 11.1. The second-order valence-electron chi connectivity index (χ2n) is 4.37. The number of benzene rings is 1. The first-order valence-electron chi connectivity index (χ1n) is 6.03. The molecule has 1 unspecified atom stereocenters. The van der Waals surface area contributed by atoms with Crippen molar-refractivity contribution in [1.82, 2.24) is 0 Å². The van der Waals surface area contributed by atoms with Crippen molar-refractivity contribution in [2.75, 3.05) is 24.6 Å². The van der Waals surface area contributed by atoms with Crippen LogP contribution in [0.3, 0.4) is 0 Å². The Morgan fingerprint density at radius 3 is 3.11 bits per heavy atom. The molecule has 0 N–H and O–H groups in total. The van der Waals surface area contributed by atoms with Gasteiger partial charge in [0.05, 0.1) is 17.6 Å². The molecule has 1 aliphatic rings. The number of rotatable bonds is 5. The Morgan fingerprint density at radius 2 is 2.42 bits per heavy atom. The largest absolute Gasteiger partial charge is 0.372 e. The van der Waals surface area contributed by atoms with Crippen LogP contribution >= 0.6 is 11.6 Å². The predicted molar refractivity (Wildman–Crippen MR) is 74.9 cm³/mol. The Hall–Kier alpha value is -1.59. The molecule has 0 saturated carbocycles. The highest BCUT2D eigenvalue weighted by Crippen LogP contribution is 2.33. The lowest BCUT2D eigenvalue weighted by Crippen LogP contribution is -2.23. The van der Waals surface area contributed by atoms with Crippen LogP contribution in [0.2, 0.25) is 5.02 Å². The van der Waals surface area contributed by atoms with Crippen molar-refractivity contribution in [2.24, 2.45) is 0 Å². The van der Waals surface area contributed by atoms with Crippen molar-refractivity contribution in [3.8, 4) is 0 Å². The SMILES string of the molecule is C=CCOC1CCN(c2ccc(Cl)cc2[N+](=O)[O-])C1. The zero-order chi connectivity index (χ0) is 13.8. The van der Waals surface area contributed by atoms with Crippen molar-refractivity contribution in [3.05, 3.63) is 46.0 Å². The quantitative estimate of drug-likeness (QED) is 0.473. The average Bonchev–Trinajstić information content (AvgIpc) is 2.84. The fourth-order valence-electron chi connectivity index (χ4n) is 2.20. The normalized spacial score (nSPS) is 18.6. The fraction of sp³-hybridized carbons (Fsp3) is 0.385. The van der Waals surface area contributed by atoms with Gasteiger partial charge in [0.1, 0.15) is 5.69 Å². The van der Waals surface area contributed by atoms with Gasteiger partial charge in [-0.1, -0.05) is 17.7 Å². The van der Waals surface area contributed by atoms with E-state index in [1.54, 1.807) is 18.2 Å². The van der Waals surface area contributed by atoms with Crippen molar-refractivity contribution in [3.63, 3.8) is 0 Å². The molecule has 1 aromatic rings. The van der Waals surface area contributed by atoms with E-state index in [-0.39, 0.29) is 11.8 Å². The van der Waals surface area contributed by atoms with E-state index in [2.05, 4.69) is 6.58 Å². The average molecular weight is 283 g/mol. The lowest BCUT2D eigenvalue weighted by molar-refractivity contribution is -0.384. The number of nitrogens with zero attached hydrogens (tertiary/aromatic N) is 2. The number of hydrogen-bond acceptors (Lipinski definition) is 4. The number of nitro benzene ring substituents is 1. The third-order valence-corrected chi connectivity index (χ3v) is 3.30. The molecule has 102 valence electrons. The van der Waals surface area contributed by atoms with E-state index in [1.807, 2.05) is 4.90 Å². The lowest BCUT2D eigenvalue weighted by atomic mass is 10.2. The standard InChI is InChI=1S/C13H15ClN2O3/c1-2-7-19-11-5-6-15(9-11)12-4-3-10(14)8-13(12)16(17)18/h2-4,8,11H,1,5-7,9H2. The summed E-state index contributed by atoms with van der Waals surface area (Å²) in [7, 11) is 0. The first-order valence-corrected chi connectivity index (χ1v) is 6.41. The summed E-state index contributed by atoms with van der Waals surface area (Å²) in [5.74, 6) is 0. The molecule has 0 radical (unpaired) electrons. The van der Waals surface area contributed by atoms with Gasteiger partial charge in [-0.3, -0.25) is 10.1 Å². The molecule has 0 amide bonds. The Kier molecular flexibility index (Phi) is 4.39. The predicted octanol–water partition coefficient (Wildman–Crippen LogP) is 3.03. The smallest absolute Gasteiger partial charge is 0.294 e. The second-order valence-corrected chi connectivity index (χ2v) is 4.81. The molecule has 1 aromatic carbocycles. The first kappa shape index (κ1) is 13.8. The molecule has 1 atom stereocenters. The molecule has 2 rings (SSSR count). The zero-order valence-corrected chi connectivity index (χ0v) is 11.2.